The average Bonchev–Trinajstić information content (AvgIpc) is 3.92. The van der Waals surface area contributed by atoms with Crippen LogP contribution >= 0.6 is 0 Å². The Bertz CT molecular complexity index is 2230. The first-order valence-corrected chi connectivity index (χ1v) is 22.0. The van der Waals surface area contributed by atoms with E-state index in [1.54, 1.807) is 48.5 Å². The van der Waals surface area contributed by atoms with Gasteiger partial charge in [-0.05, 0) is 123 Å². The number of carbonyl (C=O) groups excluding carboxylic acids is 5. The maximum Gasteiger partial charge on any atom is 0.252 e. The Kier molecular flexibility index (Phi) is 16.2. The molecule has 2 fully saturated rings. The number of hydrogen-bond acceptors (Lipinski definition) is 12. The molecule has 3 aliphatic rings. The minimum atomic E-state index is -1.37. The zero-order chi connectivity index (χ0) is 45.9. The van der Waals surface area contributed by atoms with Crippen molar-refractivity contribution in [1.29, 1.82) is 5.26 Å². The lowest BCUT2D eigenvalue weighted by Gasteiger charge is -2.32. The third kappa shape index (κ3) is 11.3. The molecule has 1 aliphatic heterocycles. The van der Waals surface area contributed by atoms with Gasteiger partial charge >= 0.3 is 0 Å². The number of amides is 5. The number of rotatable bonds is 17. The van der Waals surface area contributed by atoms with E-state index in [-0.39, 0.29) is 52.2 Å². The van der Waals surface area contributed by atoms with E-state index in [1.165, 1.54) is 44.6 Å². The summed E-state index contributed by atoms with van der Waals surface area (Å²) in [5.74, 6) is 0.415. The summed E-state index contributed by atoms with van der Waals surface area (Å²) in [7, 11) is 1.44. The first-order valence-electron chi connectivity index (χ1n) is 22.0. The molecule has 1 heterocycles. The number of fused-ring (bicyclic) bond motifs is 7. The minimum absolute atomic E-state index is 0.0131. The quantitative estimate of drug-likeness (QED) is 0.0961. The van der Waals surface area contributed by atoms with E-state index in [0.717, 1.165) is 11.8 Å². The summed E-state index contributed by atoms with van der Waals surface area (Å²) in [6.07, 6.45) is 5.13. The van der Waals surface area contributed by atoms with Gasteiger partial charge in [-0.25, -0.2) is 0 Å². The van der Waals surface area contributed by atoms with Crippen molar-refractivity contribution < 1.29 is 38.2 Å². The van der Waals surface area contributed by atoms with Crippen LogP contribution in [0.2, 0.25) is 0 Å². The third-order valence-corrected chi connectivity index (χ3v) is 12.4. The molecule has 64 heavy (non-hydrogen) atoms. The molecule has 0 aromatic heterocycles. The highest BCUT2D eigenvalue weighted by Crippen LogP contribution is 2.48. The van der Waals surface area contributed by atoms with E-state index in [2.05, 4.69) is 21.3 Å². The second-order valence-corrected chi connectivity index (χ2v) is 16.9. The van der Waals surface area contributed by atoms with Crippen molar-refractivity contribution in [3.05, 3.63) is 76.9 Å². The zero-order valence-corrected chi connectivity index (χ0v) is 36.8. The molecule has 0 spiro atoms. The van der Waals surface area contributed by atoms with Gasteiger partial charge in [0.05, 0.1) is 12.7 Å². The van der Waals surface area contributed by atoms with Crippen molar-refractivity contribution in [2.45, 2.75) is 76.5 Å². The molecule has 3 aromatic carbocycles. The number of nitrogens with two attached hydrogens (primary N) is 3. The molecule has 6 bridgehead atoms. The van der Waals surface area contributed by atoms with E-state index < -0.39 is 53.7 Å². The maximum atomic E-state index is 14.6. The van der Waals surface area contributed by atoms with Crippen molar-refractivity contribution in [1.82, 2.24) is 26.2 Å². The fourth-order valence-corrected chi connectivity index (χ4v) is 9.13. The topological polar surface area (TPSA) is 266 Å². The minimum Gasteiger partial charge on any atom is -0.493 e. The van der Waals surface area contributed by atoms with Gasteiger partial charge in [0.25, 0.3) is 5.91 Å². The van der Waals surface area contributed by atoms with Gasteiger partial charge in [0.15, 0.2) is 0 Å². The number of benzene rings is 3. The lowest BCUT2D eigenvalue weighted by Crippen LogP contribution is -2.56. The van der Waals surface area contributed by atoms with Gasteiger partial charge in [-0.2, -0.15) is 5.26 Å². The molecule has 0 saturated heterocycles. The fourth-order valence-electron chi connectivity index (χ4n) is 9.13. The van der Waals surface area contributed by atoms with Crippen LogP contribution in [0, 0.1) is 36.0 Å². The van der Waals surface area contributed by atoms with Crippen LogP contribution in [0.25, 0.3) is 11.1 Å². The van der Waals surface area contributed by atoms with Crippen LogP contribution in [0.4, 0.5) is 0 Å². The van der Waals surface area contributed by atoms with Gasteiger partial charge in [0.2, 0.25) is 23.6 Å². The lowest BCUT2D eigenvalue weighted by molar-refractivity contribution is -0.141. The lowest BCUT2D eigenvalue weighted by atomic mass is 9.89. The molecule has 10 N–H and O–H groups in total. The summed E-state index contributed by atoms with van der Waals surface area (Å²) in [5.41, 5.74) is 20.6. The Morgan fingerprint density at radius 2 is 1.61 bits per heavy atom. The summed E-state index contributed by atoms with van der Waals surface area (Å²) >= 11 is 0. The SMILES string of the molecule is Cc1cc(OCC2C[C@H]3CC[C@@H]2C3)ccc1C(=O)N[C@@H](CCN)C(=O)N(C)[C@@H]1C(=O)N[C@@H](C)C(=O)N[C@H](C(=O)NCC#N)Cc2ccc(OCCN)c(c2)-c2cc1ccc2OCCN. The van der Waals surface area contributed by atoms with Crippen LogP contribution in [0.3, 0.4) is 0 Å². The Balaban J connectivity index is 1.33. The number of nitrogens with one attached hydrogen (secondary N) is 4. The number of carbonyl (C=O) groups is 5. The molecule has 6 rings (SSSR count). The Labute approximate surface area is 374 Å². The van der Waals surface area contributed by atoms with Crippen LogP contribution in [0.5, 0.6) is 17.2 Å². The first-order chi connectivity index (χ1) is 30.8. The van der Waals surface area contributed by atoms with Crippen LogP contribution in [-0.4, -0.2) is 106 Å². The first kappa shape index (κ1) is 47.3. The monoisotopic (exact) mass is 879 g/mol. The molecule has 3 aromatic rings. The summed E-state index contributed by atoms with van der Waals surface area (Å²) in [6.45, 7) is 4.36. The van der Waals surface area contributed by atoms with Crippen molar-refractivity contribution in [2.75, 3.05) is 53.0 Å². The highest BCUT2D eigenvalue weighted by molar-refractivity contribution is 6.00. The van der Waals surface area contributed by atoms with Crippen LogP contribution in [0.15, 0.2) is 54.6 Å². The summed E-state index contributed by atoms with van der Waals surface area (Å²) in [5, 5.41) is 20.0. The van der Waals surface area contributed by atoms with Crippen molar-refractivity contribution >= 4 is 29.5 Å². The average molecular weight is 880 g/mol. The van der Waals surface area contributed by atoms with Crippen molar-refractivity contribution in [3.63, 3.8) is 0 Å². The molecule has 1 unspecified atom stereocenters. The molecular weight excluding hydrogens is 819 g/mol. The number of hydrogen-bond donors (Lipinski definition) is 7. The maximum absolute atomic E-state index is 14.6. The third-order valence-electron chi connectivity index (χ3n) is 12.4. The van der Waals surface area contributed by atoms with Gasteiger partial charge < -0.3 is 57.6 Å². The van der Waals surface area contributed by atoms with Gasteiger partial charge in [-0.1, -0.05) is 18.6 Å². The van der Waals surface area contributed by atoms with E-state index in [0.29, 0.717) is 63.2 Å². The van der Waals surface area contributed by atoms with Gasteiger partial charge in [0.1, 0.15) is 61.2 Å². The zero-order valence-electron chi connectivity index (χ0n) is 36.8. The molecule has 7 atom stereocenters. The number of nitrogens with zero attached hydrogens (tertiary/aromatic N) is 2. The molecular formula is C47H61N9O8. The second kappa shape index (κ2) is 21.9. The smallest absolute Gasteiger partial charge is 0.252 e. The Morgan fingerprint density at radius 3 is 2.25 bits per heavy atom. The van der Waals surface area contributed by atoms with Crippen LogP contribution < -0.4 is 52.7 Å². The summed E-state index contributed by atoms with van der Waals surface area (Å²) in [6, 6.07) is 12.5. The number of aryl methyl sites for hydroxylation is 1. The van der Waals surface area contributed by atoms with E-state index in [1.807, 2.05) is 19.1 Å². The molecule has 5 amide bonds. The molecule has 17 nitrogen and oxygen atoms in total. The second-order valence-electron chi connectivity index (χ2n) is 16.9. The van der Waals surface area contributed by atoms with Crippen molar-refractivity contribution in [3.8, 4) is 34.4 Å². The van der Waals surface area contributed by atoms with Crippen LogP contribution in [0.1, 0.15) is 72.1 Å². The summed E-state index contributed by atoms with van der Waals surface area (Å²) in [4.78, 5) is 71.3. The molecule has 2 saturated carbocycles. The predicted molar refractivity (Wildman–Crippen MR) is 239 cm³/mol. The van der Waals surface area contributed by atoms with E-state index in [9.17, 15) is 24.0 Å². The Morgan fingerprint density at radius 1 is 0.891 bits per heavy atom. The fraction of sp³-hybridized carbons (Fsp3) is 0.489. The summed E-state index contributed by atoms with van der Waals surface area (Å²) < 4.78 is 18.4. The van der Waals surface area contributed by atoms with Gasteiger partial charge in [-0.15, -0.1) is 0 Å². The number of nitriles is 1. The number of ether oxygens (including phenoxy) is 3. The standard InChI is InChI=1S/C47H61N9O8/c1-27-20-34(64-26-33-22-29-4-6-31(33)21-29)8-9-35(27)44(58)54-38(12-13-48)47(61)56(3)42-32-7-11-41(63-19-16-51)37(25-32)36-23-30(5-10-40(36)62-18-15-50)24-39(45(59)52-17-14-49)55-43(57)28(2)53-46(42)60/h5,7-11,20,23,25,28-29,31,33,38-39,42H,4,6,12-13,15-19,21-22,24,26,48,50-51H2,1-3H3,(H,52,59)(H,53,60)(H,54,58)(H,55,57)/t28-,29-,31+,33?,38-,39-,42-/m0/s1. The number of likely N-dealkylation sites (N-methyl/N-ethyl adjacent to an activating group) is 1. The molecule has 0 radical (unpaired) electrons. The van der Waals surface area contributed by atoms with Crippen molar-refractivity contribution in [2.24, 2.45) is 35.0 Å². The van der Waals surface area contributed by atoms with Gasteiger partial charge in [0, 0.05) is 43.2 Å². The highest BCUT2D eigenvalue weighted by Gasteiger charge is 2.40. The van der Waals surface area contributed by atoms with Gasteiger partial charge in [-0.3, -0.25) is 24.0 Å². The largest absolute Gasteiger partial charge is 0.493 e. The van der Waals surface area contributed by atoms with Crippen LogP contribution in [-0.2, 0) is 25.6 Å². The Hall–Kier alpha value is -6.22. The highest BCUT2D eigenvalue weighted by atomic mass is 16.5. The van der Waals surface area contributed by atoms with E-state index in [4.69, 9.17) is 36.7 Å². The normalized spacial score (nSPS) is 21.9. The molecule has 17 heteroatoms. The van der Waals surface area contributed by atoms with E-state index >= 15 is 0 Å². The molecule has 342 valence electrons. The molecule has 2 aliphatic carbocycles. The predicted octanol–water partition coefficient (Wildman–Crippen LogP) is 1.98.